The van der Waals surface area contributed by atoms with Crippen molar-refractivity contribution in [3.05, 3.63) is 248 Å². The monoisotopic (exact) mass is 769 g/mol. The van der Waals surface area contributed by atoms with Crippen molar-refractivity contribution in [3.63, 3.8) is 0 Å². The van der Waals surface area contributed by atoms with Gasteiger partial charge >= 0.3 is 0 Å². The van der Waals surface area contributed by atoms with Crippen LogP contribution in [0.2, 0.25) is 0 Å². The van der Waals surface area contributed by atoms with E-state index in [-0.39, 0.29) is 5.82 Å². The van der Waals surface area contributed by atoms with Gasteiger partial charge in [0.2, 0.25) is 0 Å². The normalized spacial score (nSPS) is 11.1. The van der Waals surface area contributed by atoms with E-state index in [2.05, 4.69) is 199 Å². The first-order valence-corrected chi connectivity index (χ1v) is 20.4. The van der Waals surface area contributed by atoms with Gasteiger partial charge in [0, 0.05) is 27.8 Å². The van der Waals surface area contributed by atoms with E-state index in [1.807, 2.05) is 42.5 Å². The summed E-state index contributed by atoms with van der Waals surface area (Å²) in [5.41, 5.74) is 16.6. The number of fused-ring (bicyclic) bond motifs is 1. The highest BCUT2D eigenvalue weighted by Gasteiger charge is 2.17. The predicted octanol–water partition coefficient (Wildman–Crippen LogP) is 16.5. The molecule has 0 fully saturated rings. The van der Waals surface area contributed by atoms with Crippen LogP contribution in [0.5, 0.6) is 0 Å². The molecule has 0 saturated carbocycles. The maximum absolute atomic E-state index is 15.4. The number of hydrogen-bond acceptors (Lipinski definition) is 1. The van der Waals surface area contributed by atoms with Gasteiger partial charge in [-0.05, 0) is 115 Å². The quantitative estimate of drug-likeness (QED) is 0.141. The van der Waals surface area contributed by atoms with Gasteiger partial charge < -0.3 is 4.90 Å². The van der Waals surface area contributed by atoms with Crippen LogP contribution in [0.1, 0.15) is 0 Å². The topological polar surface area (TPSA) is 3.24 Å². The lowest BCUT2D eigenvalue weighted by atomic mass is 9.91. The van der Waals surface area contributed by atoms with Gasteiger partial charge in [-0.25, -0.2) is 4.39 Å². The van der Waals surface area contributed by atoms with Gasteiger partial charge in [-0.2, -0.15) is 0 Å². The lowest BCUT2D eigenvalue weighted by Gasteiger charge is -2.26. The van der Waals surface area contributed by atoms with Crippen LogP contribution in [-0.4, -0.2) is 0 Å². The van der Waals surface area contributed by atoms with Crippen molar-refractivity contribution in [2.45, 2.75) is 0 Å². The van der Waals surface area contributed by atoms with E-state index in [4.69, 9.17) is 0 Å². The van der Waals surface area contributed by atoms with Gasteiger partial charge in [0.15, 0.2) is 0 Å². The van der Waals surface area contributed by atoms with E-state index < -0.39 is 0 Å². The summed E-state index contributed by atoms with van der Waals surface area (Å²) in [5.74, 6) is -0.222. The van der Waals surface area contributed by atoms with E-state index in [0.717, 1.165) is 55.8 Å². The van der Waals surface area contributed by atoms with Gasteiger partial charge in [0.05, 0.1) is 0 Å². The largest absolute Gasteiger partial charge is 0.311 e. The zero-order valence-corrected chi connectivity index (χ0v) is 32.9. The van der Waals surface area contributed by atoms with Gasteiger partial charge in [0.25, 0.3) is 0 Å². The van der Waals surface area contributed by atoms with E-state index in [1.54, 1.807) is 6.07 Å². The van der Waals surface area contributed by atoms with E-state index in [1.165, 1.54) is 33.4 Å². The van der Waals surface area contributed by atoms with Crippen molar-refractivity contribution >= 4 is 27.8 Å². The van der Waals surface area contributed by atoms with Gasteiger partial charge in [-0.1, -0.05) is 194 Å². The molecule has 284 valence electrons. The maximum atomic E-state index is 15.4. The number of benzene rings is 10. The van der Waals surface area contributed by atoms with Crippen LogP contribution in [0.3, 0.4) is 0 Å². The molecule has 0 heterocycles. The Morgan fingerprint density at radius 3 is 1.20 bits per heavy atom. The second-order valence-corrected chi connectivity index (χ2v) is 15.0. The lowest BCUT2D eigenvalue weighted by Crippen LogP contribution is -2.09. The van der Waals surface area contributed by atoms with Crippen LogP contribution < -0.4 is 4.90 Å². The molecular formula is C58H40FN. The molecule has 1 nitrogen and oxygen atoms in total. The Kier molecular flexibility index (Phi) is 9.87. The molecule has 2 heteroatoms. The first kappa shape index (κ1) is 36.5. The van der Waals surface area contributed by atoms with Crippen molar-refractivity contribution in [1.29, 1.82) is 0 Å². The van der Waals surface area contributed by atoms with Gasteiger partial charge in [-0.15, -0.1) is 0 Å². The zero-order valence-electron chi connectivity index (χ0n) is 32.9. The second kappa shape index (κ2) is 16.2. The summed E-state index contributed by atoms with van der Waals surface area (Å²) in [7, 11) is 0. The van der Waals surface area contributed by atoms with Crippen LogP contribution in [0.25, 0.3) is 77.5 Å². The first-order valence-electron chi connectivity index (χ1n) is 20.4. The Balaban J connectivity index is 1.04. The molecule has 0 atom stereocenters. The van der Waals surface area contributed by atoms with Crippen molar-refractivity contribution in [2.24, 2.45) is 0 Å². The molecule has 0 amide bonds. The number of hydrogen-bond donors (Lipinski definition) is 0. The maximum Gasteiger partial charge on any atom is 0.131 e. The number of halogens is 1. The summed E-state index contributed by atoms with van der Waals surface area (Å²) in [6.07, 6.45) is 0. The number of rotatable bonds is 9. The minimum absolute atomic E-state index is 0.222. The van der Waals surface area contributed by atoms with E-state index >= 15 is 4.39 Å². The van der Waals surface area contributed by atoms with Crippen LogP contribution in [0, 0.1) is 5.82 Å². The molecule has 0 unspecified atom stereocenters. The lowest BCUT2D eigenvalue weighted by molar-refractivity contribution is 0.640. The van der Waals surface area contributed by atoms with Crippen LogP contribution in [0.4, 0.5) is 21.5 Å². The summed E-state index contributed by atoms with van der Waals surface area (Å²) in [6.45, 7) is 0. The highest BCUT2D eigenvalue weighted by molar-refractivity contribution is 6.06. The third kappa shape index (κ3) is 7.16. The van der Waals surface area contributed by atoms with Gasteiger partial charge in [0.1, 0.15) is 5.82 Å². The van der Waals surface area contributed by atoms with Crippen LogP contribution in [-0.2, 0) is 0 Å². The molecule has 0 aliphatic rings. The SMILES string of the molecule is Fc1ccc(-c2ccc(N(c3ccc(-c4ccccc4)cc3)c3ccc(-c4ccccc4-c4cccc(-c5ccccc5)c4)cc3)cc2)c2c(-c3ccccc3)cccc12. The molecule has 10 rings (SSSR count). The van der Waals surface area contributed by atoms with Crippen molar-refractivity contribution in [3.8, 4) is 66.8 Å². The second-order valence-electron chi connectivity index (χ2n) is 15.0. The average molecular weight is 770 g/mol. The third-order valence-corrected chi connectivity index (χ3v) is 11.4. The average Bonchev–Trinajstić information content (AvgIpc) is 3.33. The minimum atomic E-state index is -0.222. The molecule has 0 aromatic heterocycles. The summed E-state index contributed by atoms with van der Waals surface area (Å²) < 4.78 is 15.4. The molecule has 0 radical (unpaired) electrons. The summed E-state index contributed by atoms with van der Waals surface area (Å²) in [5, 5.41) is 1.52. The van der Waals surface area contributed by atoms with Crippen molar-refractivity contribution in [1.82, 2.24) is 0 Å². The van der Waals surface area contributed by atoms with E-state index in [9.17, 15) is 0 Å². The van der Waals surface area contributed by atoms with Crippen molar-refractivity contribution < 1.29 is 4.39 Å². The number of nitrogens with zero attached hydrogens (tertiary/aromatic N) is 1. The molecule has 0 bridgehead atoms. The smallest absolute Gasteiger partial charge is 0.131 e. The van der Waals surface area contributed by atoms with E-state index in [0.29, 0.717) is 5.39 Å². The van der Waals surface area contributed by atoms with Crippen LogP contribution >= 0.6 is 0 Å². The highest BCUT2D eigenvalue weighted by atomic mass is 19.1. The summed E-state index contributed by atoms with van der Waals surface area (Å²) in [6, 6.07) is 84.4. The Labute approximate surface area is 350 Å². The fraction of sp³-hybridized carbons (Fsp3) is 0. The standard InChI is InChI=1S/C58H40FN/c59-57-39-38-55(58-54(24-13-25-56(57)58)44-18-8-3-9-19-44)46-30-36-51(37-31-46)60(49-32-26-43(27-33-49)41-14-4-1-5-15-41)50-34-28-45(29-35-50)52-22-10-11-23-53(52)48-21-12-20-47(40-48)42-16-6-2-7-17-42/h1-40H. The molecule has 0 aliphatic carbocycles. The van der Waals surface area contributed by atoms with Gasteiger partial charge in [-0.3, -0.25) is 0 Å². The molecule has 0 aliphatic heterocycles. The Morgan fingerprint density at radius 2 is 0.617 bits per heavy atom. The molecule has 0 saturated heterocycles. The van der Waals surface area contributed by atoms with Crippen LogP contribution in [0.15, 0.2) is 243 Å². The fourth-order valence-corrected chi connectivity index (χ4v) is 8.41. The Bertz CT molecular complexity index is 3050. The third-order valence-electron chi connectivity index (χ3n) is 11.4. The highest BCUT2D eigenvalue weighted by Crippen LogP contribution is 2.42. The first-order chi connectivity index (χ1) is 29.7. The number of anilines is 3. The molecule has 10 aromatic rings. The molecule has 0 spiro atoms. The summed E-state index contributed by atoms with van der Waals surface area (Å²) in [4.78, 5) is 2.30. The molecule has 10 aromatic carbocycles. The zero-order chi connectivity index (χ0) is 40.3. The molecular weight excluding hydrogens is 730 g/mol. The summed E-state index contributed by atoms with van der Waals surface area (Å²) >= 11 is 0. The Hall–Kier alpha value is -7.81. The minimum Gasteiger partial charge on any atom is -0.311 e. The fourth-order valence-electron chi connectivity index (χ4n) is 8.41. The predicted molar refractivity (Wildman–Crippen MR) is 251 cm³/mol. The van der Waals surface area contributed by atoms with Crippen molar-refractivity contribution in [2.75, 3.05) is 4.90 Å². The molecule has 60 heavy (non-hydrogen) atoms. The Morgan fingerprint density at radius 1 is 0.250 bits per heavy atom. The molecule has 0 N–H and O–H groups in total.